The second kappa shape index (κ2) is 4.98. The molecule has 6 heteroatoms. The first kappa shape index (κ1) is 12.3. The topological polar surface area (TPSA) is 52.8 Å². The minimum Gasteiger partial charge on any atom is -0.326 e. The molecule has 2 aromatic rings. The van der Waals surface area contributed by atoms with E-state index in [4.69, 9.17) is 16.9 Å². The second-order valence-electron chi connectivity index (χ2n) is 3.50. The molecule has 1 aromatic heterocycles. The normalized spacial score (nSPS) is 9.89. The average Bonchev–Trinajstić information content (AvgIpc) is 2.40. The molecule has 0 saturated carbocycles. The molecule has 90 valence electrons. The van der Waals surface area contributed by atoms with Crippen LogP contribution < -0.4 is 4.90 Å². The van der Waals surface area contributed by atoms with Crippen molar-refractivity contribution in [2.75, 3.05) is 11.9 Å². The first-order chi connectivity index (χ1) is 8.63. The number of anilines is 2. The zero-order chi connectivity index (χ0) is 13.1. The zero-order valence-corrected chi connectivity index (χ0v) is 10.2. The predicted molar refractivity (Wildman–Crippen MR) is 66.2 cm³/mol. The summed E-state index contributed by atoms with van der Waals surface area (Å²) in [5, 5.41) is 8.96. The van der Waals surface area contributed by atoms with Crippen molar-refractivity contribution in [2.45, 2.75) is 0 Å². The molecular formula is C12H8ClFN4. The number of hydrogen-bond donors (Lipinski definition) is 0. The molecule has 0 unspecified atom stereocenters. The van der Waals surface area contributed by atoms with Gasteiger partial charge in [-0.05, 0) is 23.7 Å². The SMILES string of the molecule is CN(c1ccccc1C#N)c1nc(Cl)ncc1F. The third-order valence-corrected chi connectivity index (χ3v) is 2.58. The third-order valence-electron chi connectivity index (χ3n) is 2.40. The van der Waals surface area contributed by atoms with Crippen molar-refractivity contribution in [2.24, 2.45) is 0 Å². The number of hydrogen-bond acceptors (Lipinski definition) is 4. The van der Waals surface area contributed by atoms with Gasteiger partial charge in [-0.3, -0.25) is 0 Å². The van der Waals surface area contributed by atoms with Crippen LogP contribution in [0.15, 0.2) is 30.5 Å². The van der Waals surface area contributed by atoms with Crippen LogP contribution in [-0.2, 0) is 0 Å². The Hall–Kier alpha value is -2.19. The van der Waals surface area contributed by atoms with Gasteiger partial charge in [0.15, 0.2) is 11.6 Å². The van der Waals surface area contributed by atoms with E-state index in [1.165, 1.54) is 4.90 Å². The minimum absolute atomic E-state index is 0.0256. The lowest BCUT2D eigenvalue weighted by Crippen LogP contribution is -2.14. The van der Waals surface area contributed by atoms with E-state index in [1.54, 1.807) is 31.3 Å². The van der Waals surface area contributed by atoms with Gasteiger partial charge in [-0.15, -0.1) is 0 Å². The van der Waals surface area contributed by atoms with Crippen molar-refractivity contribution in [1.82, 2.24) is 9.97 Å². The van der Waals surface area contributed by atoms with E-state index in [1.807, 2.05) is 6.07 Å². The Morgan fingerprint density at radius 1 is 1.39 bits per heavy atom. The Morgan fingerprint density at radius 3 is 2.83 bits per heavy atom. The summed E-state index contributed by atoms with van der Waals surface area (Å²) in [6.07, 6.45) is 0.996. The molecular weight excluding hydrogens is 255 g/mol. The van der Waals surface area contributed by atoms with E-state index in [0.29, 0.717) is 11.3 Å². The fourth-order valence-corrected chi connectivity index (χ4v) is 1.68. The van der Waals surface area contributed by atoms with Crippen LogP contribution in [0.4, 0.5) is 15.9 Å². The standard InChI is InChI=1S/C12H8ClFN4/c1-18(10-5-3-2-4-8(10)6-15)11-9(14)7-16-12(13)17-11/h2-5,7H,1H3. The molecule has 0 saturated heterocycles. The molecule has 0 aliphatic heterocycles. The van der Waals surface area contributed by atoms with Crippen LogP contribution in [0, 0.1) is 17.1 Å². The van der Waals surface area contributed by atoms with Crippen LogP contribution in [0.3, 0.4) is 0 Å². The molecule has 0 atom stereocenters. The molecule has 0 radical (unpaired) electrons. The number of halogens is 2. The highest BCUT2D eigenvalue weighted by molar-refractivity contribution is 6.28. The fourth-order valence-electron chi connectivity index (χ4n) is 1.55. The Morgan fingerprint density at radius 2 is 2.11 bits per heavy atom. The molecule has 0 aliphatic rings. The smallest absolute Gasteiger partial charge is 0.224 e. The van der Waals surface area contributed by atoms with Crippen molar-refractivity contribution < 1.29 is 4.39 Å². The highest BCUT2D eigenvalue weighted by atomic mass is 35.5. The zero-order valence-electron chi connectivity index (χ0n) is 9.43. The number of nitriles is 1. The Balaban J connectivity index is 2.51. The van der Waals surface area contributed by atoms with Crippen LogP contribution in [0.2, 0.25) is 5.28 Å². The summed E-state index contributed by atoms with van der Waals surface area (Å²) in [5.41, 5.74) is 0.975. The van der Waals surface area contributed by atoms with Gasteiger partial charge in [0.2, 0.25) is 5.28 Å². The maximum Gasteiger partial charge on any atom is 0.224 e. The molecule has 18 heavy (non-hydrogen) atoms. The quantitative estimate of drug-likeness (QED) is 0.781. The lowest BCUT2D eigenvalue weighted by Gasteiger charge is -2.19. The molecule has 0 spiro atoms. The second-order valence-corrected chi connectivity index (χ2v) is 3.84. The van der Waals surface area contributed by atoms with Gasteiger partial charge in [-0.2, -0.15) is 10.2 Å². The van der Waals surface area contributed by atoms with Crippen LogP contribution in [0.25, 0.3) is 0 Å². The van der Waals surface area contributed by atoms with Gasteiger partial charge in [0.25, 0.3) is 0 Å². The minimum atomic E-state index is -0.602. The number of rotatable bonds is 2. The number of nitrogens with zero attached hydrogens (tertiary/aromatic N) is 4. The molecule has 2 rings (SSSR count). The molecule has 0 N–H and O–H groups in total. The van der Waals surface area contributed by atoms with E-state index in [-0.39, 0.29) is 11.1 Å². The summed E-state index contributed by atoms with van der Waals surface area (Å²) in [4.78, 5) is 8.83. The molecule has 4 nitrogen and oxygen atoms in total. The van der Waals surface area contributed by atoms with Gasteiger partial charge < -0.3 is 4.90 Å². The first-order valence-corrected chi connectivity index (χ1v) is 5.42. The largest absolute Gasteiger partial charge is 0.326 e. The summed E-state index contributed by atoms with van der Waals surface area (Å²) in [7, 11) is 1.61. The lowest BCUT2D eigenvalue weighted by molar-refractivity contribution is 0.613. The maximum atomic E-state index is 13.6. The fraction of sp³-hybridized carbons (Fsp3) is 0.0833. The van der Waals surface area contributed by atoms with Crippen molar-refractivity contribution in [3.63, 3.8) is 0 Å². The number of para-hydroxylation sites is 1. The number of benzene rings is 1. The molecule has 1 heterocycles. The van der Waals surface area contributed by atoms with E-state index in [9.17, 15) is 4.39 Å². The molecule has 0 fully saturated rings. The Kier molecular flexibility index (Phi) is 3.40. The highest BCUT2D eigenvalue weighted by Crippen LogP contribution is 2.27. The van der Waals surface area contributed by atoms with Crippen LogP contribution >= 0.6 is 11.6 Å². The maximum absolute atomic E-state index is 13.6. The average molecular weight is 263 g/mol. The van der Waals surface area contributed by atoms with E-state index < -0.39 is 5.82 Å². The van der Waals surface area contributed by atoms with Gasteiger partial charge in [0, 0.05) is 7.05 Å². The van der Waals surface area contributed by atoms with Crippen LogP contribution in [0.1, 0.15) is 5.56 Å². The van der Waals surface area contributed by atoms with Gasteiger partial charge >= 0.3 is 0 Å². The van der Waals surface area contributed by atoms with Gasteiger partial charge in [0.1, 0.15) is 6.07 Å². The molecule has 0 amide bonds. The first-order valence-electron chi connectivity index (χ1n) is 5.04. The van der Waals surface area contributed by atoms with Crippen LogP contribution in [-0.4, -0.2) is 17.0 Å². The van der Waals surface area contributed by atoms with Crippen molar-refractivity contribution >= 4 is 23.1 Å². The number of aromatic nitrogens is 2. The predicted octanol–water partition coefficient (Wildman–Crippen LogP) is 2.91. The third kappa shape index (κ3) is 2.24. The molecule has 1 aromatic carbocycles. The highest BCUT2D eigenvalue weighted by Gasteiger charge is 2.15. The van der Waals surface area contributed by atoms with Gasteiger partial charge in [-0.1, -0.05) is 12.1 Å². The Labute approximate surface area is 108 Å². The Bertz CT molecular complexity index is 624. The van der Waals surface area contributed by atoms with Gasteiger partial charge in [0.05, 0.1) is 17.4 Å². The molecule has 0 aliphatic carbocycles. The summed E-state index contributed by atoms with van der Waals surface area (Å²) >= 11 is 5.64. The van der Waals surface area contributed by atoms with E-state index in [0.717, 1.165) is 6.20 Å². The summed E-state index contributed by atoms with van der Waals surface area (Å²) in [5.74, 6) is -0.577. The van der Waals surface area contributed by atoms with Crippen molar-refractivity contribution in [3.05, 3.63) is 47.1 Å². The van der Waals surface area contributed by atoms with E-state index >= 15 is 0 Å². The van der Waals surface area contributed by atoms with Crippen molar-refractivity contribution in [1.29, 1.82) is 5.26 Å². The van der Waals surface area contributed by atoms with E-state index in [2.05, 4.69) is 9.97 Å². The molecule has 0 bridgehead atoms. The summed E-state index contributed by atoms with van der Waals surface area (Å²) in [6.45, 7) is 0. The van der Waals surface area contributed by atoms with Crippen LogP contribution in [0.5, 0.6) is 0 Å². The lowest BCUT2D eigenvalue weighted by atomic mass is 10.2. The van der Waals surface area contributed by atoms with Crippen molar-refractivity contribution in [3.8, 4) is 6.07 Å². The summed E-state index contributed by atoms with van der Waals surface area (Å²) < 4.78 is 13.6. The monoisotopic (exact) mass is 262 g/mol. The summed E-state index contributed by atoms with van der Waals surface area (Å²) in [6, 6.07) is 8.88. The van der Waals surface area contributed by atoms with Gasteiger partial charge in [-0.25, -0.2) is 9.37 Å².